The van der Waals surface area contributed by atoms with E-state index in [1.165, 1.54) is 0 Å². The molecule has 2 aromatic rings. The number of fused-ring (bicyclic) bond motifs is 1. The molecule has 0 bridgehead atoms. The molecular weight excluding hydrogens is 322 g/mol. The SMILES string of the molecule is C[C@@H](NC(=O)N1CCC[C@@H]1c1ccc2c(c1)OCO2)c1nncn1C. The normalized spacial score (nSPS) is 19.9. The van der Waals surface area contributed by atoms with Gasteiger partial charge in [-0.25, -0.2) is 4.79 Å². The number of aryl methyl sites for hydroxylation is 1. The van der Waals surface area contributed by atoms with Gasteiger partial charge in [0.1, 0.15) is 6.33 Å². The summed E-state index contributed by atoms with van der Waals surface area (Å²) in [6.07, 6.45) is 3.54. The summed E-state index contributed by atoms with van der Waals surface area (Å²) in [6, 6.07) is 5.64. The fraction of sp³-hybridized carbons (Fsp3) is 0.471. The largest absolute Gasteiger partial charge is 0.454 e. The van der Waals surface area contributed by atoms with Crippen LogP contribution in [-0.4, -0.2) is 39.0 Å². The summed E-state index contributed by atoms with van der Waals surface area (Å²) in [5, 5.41) is 11.0. The minimum Gasteiger partial charge on any atom is -0.454 e. The lowest BCUT2D eigenvalue weighted by Gasteiger charge is -2.27. The summed E-state index contributed by atoms with van der Waals surface area (Å²) in [5.74, 6) is 2.23. The molecule has 3 heterocycles. The Morgan fingerprint density at radius 1 is 1.36 bits per heavy atom. The van der Waals surface area contributed by atoms with Gasteiger partial charge in [0.25, 0.3) is 0 Å². The number of urea groups is 1. The van der Waals surface area contributed by atoms with Gasteiger partial charge in [-0.1, -0.05) is 6.07 Å². The van der Waals surface area contributed by atoms with Gasteiger partial charge in [-0.3, -0.25) is 0 Å². The van der Waals surface area contributed by atoms with E-state index in [0.29, 0.717) is 0 Å². The van der Waals surface area contributed by atoms with Crippen molar-refractivity contribution in [1.29, 1.82) is 0 Å². The predicted molar refractivity (Wildman–Crippen MR) is 89.2 cm³/mol. The zero-order valence-corrected chi connectivity index (χ0v) is 14.3. The Bertz CT molecular complexity index is 790. The third-order valence-corrected chi connectivity index (χ3v) is 4.77. The quantitative estimate of drug-likeness (QED) is 0.923. The minimum absolute atomic E-state index is 0.0428. The van der Waals surface area contributed by atoms with E-state index >= 15 is 0 Å². The zero-order chi connectivity index (χ0) is 17.4. The maximum atomic E-state index is 12.8. The van der Waals surface area contributed by atoms with Crippen molar-refractivity contribution in [3.05, 3.63) is 35.9 Å². The van der Waals surface area contributed by atoms with Gasteiger partial charge in [0.05, 0.1) is 12.1 Å². The molecule has 25 heavy (non-hydrogen) atoms. The van der Waals surface area contributed by atoms with Crippen LogP contribution in [0.1, 0.15) is 43.2 Å². The number of carbonyl (C=O) groups is 1. The third-order valence-electron chi connectivity index (χ3n) is 4.77. The molecule has 0 saturated carbocycles. The van der Waals surface area contributed by atoms with Crippen LogP contribution in [0.3, 0.4) is 0 Å². The van der Waals surface area contributed by atoms with Crippen LogP contribution >= 0.6 is 0 Å². The molecule has 4 rings (SSSR count). The second-order valence-corrected chi connectivity index (χ2v) is 6.44. The number of ether oxygens (including phenoxy) is 2. The van der Waals surface area contributed by atoms with E-state index in [-0.39, 0.29) is 24.9 Å². The lowest BCUT2D eigenvalue weighted by molar-refractivity contribution is 0.173. The second-order valence-electron chi connectivity index (χ2n) is 6.44. The highest BCUT2D eigenvalue weighted by Gasteiger charge is 2.32. The standard InChI is InChI=1S/C17H21N5O3/c1-11(16-20-18-9-21(16)2)19-17(23)22-7-3-4-13(22)12-5-6-14-15(8-12)25-10-24-14/h5-6,8-9,11,13H,3-4,7,10H2,1-2H3,(H,19,23)/t11-,13-/m1/s1. The minimum atomic E-state index is -0.210. The maximum Gasteiger partial charge on any atom is 0.318 e. The molecule has 2 atom stereocenters. The van der Waals surface area contributed by atoms with Crippen molar-refractivity contribution in [2.75, 3.05) is 13.3 Å². The number of hydrogen-bond acceptors (Lipinski definition) is 5. The number of nitrogens with zero attached hydrogens (tertiary/aromatic N) is 4. The molecule has 1 saturated heterocycles. The fourth-order valence-corrected chi connectivity index (χ4v) is 3.49. The Morgan fingerprint density at radius 3 is 3.00 bits per heavy atom. The van der Waals surface area contributed by atoms with E-state index < -0.39 is 0 Å². The number of rotatable bonds is 3. The number of likely N-dealkylation sites (tertiary alicyclic amines) is 1. The second kappa shape index (κ2) is 6.27. The van der Waals surface area contributed by atoms with Gasteiger partial charge in [-0.2, -0.15) is 0 Å². The Balaban J connectivity index is 1.49. The first kappa shape index (κ1) is 15.7. The number of aromatic nitrogens is 3. The molecule has 0 unspecified atom stereocenters. The molecule has 2 aliphatic heterocycles. The summed E-state index contributed by atoms with van der Waals surface area (Å²) < 4.78 is 12.6. The third kappa shape index (κ3) is 2.88. The molecule has 8 heteroatoms. The van der Waals surface area contributed by atoms with E-state index in [4.69, 9.17) is 9.47 Å². The highest BCUT2D eigenvalue weighted by atomic mass is 16.7. The van der Waals surface area contributed by atoms with E-state index in [1.807, 2.05) is 41.6 Å². The molecule has 0 spiro atoms. The van der Waals surface area contributed by atoms with Crippen molar-refractivity contribution in [2.24, 2.45) is 7.05 Å². The highest BCUT2D eigenvalue weighted by molar-refractivity contribution is 5.75. The highest BCUT2D eigenvalue weighted by Crippen LogP contribution is 2.38. The van der Waals surface area contributed by atoms with Crippen LogP contribution in [0, 0.1) is 0 Å². The van der Waals surface area contributed by atoms with Crippen molar-refractivity contribution >= 4 is 6.03 Å². The molecule has 1 aromatic carbocycles. The van der Waals surface area contributed by atoms with Crippen LogP contribution in [0.4, 0.5) is 4.79 Å². The monoisotopic (exact) mass is 343 g/mol. The molecule has 1 aromatic heterocycles. The Hall–Kier alpha value is -2.77. The average Bonchev–Trinajstić information content (AvgIpc) is 3.33. The van der Waals surface area contributed by atoms with Gasteiger partial charge in [-0.05, 0) is 37.5 Å². The van der Waals surface area contributed by atoms with E-state index in [2.05, 4.69) is 15.5 Å². The summed E-state index contributed by atoms with van der Waals surface area (Å²) in [6.45, 7) is 2.90. The first-order valence-electron chi connectivity index (χ1n) is 8.44. The summed E-state index contributed by atoms with van der Waals surface area (Å²) >= 11 is 0. The fourth-order valence-electron chi connectivity index (χ4n) is 3.49. The molecule has 0 radical (unpaired) electrons. The number of benzene rings is 1. The zero-order valence-electron chi connectivity index (χ0n) is 14.3. The van der Waals surface area contributed by atoms with Gasteiger partial charge >= 0.3 is 6.03 Å². The Morgan fingerprint density at radius 2 is 2.20 bits per heavy atom. The smallest absolute Gasteiger partial charge is 0.318 e. The summed E-state index contributed by atoms with van der Waals surface area (Å²) in [7, 11) is 1.86. The van der Waals surface area contributed by atoms with E-state index in [0.717, 1.165) is 42.3 Å². The molecule has 2 amide bonds. The van der Waals surface area contributed by atoms with Crippen LogP contribution in [0.25, 0.3) is 0 Å². The van der Waals surface area contributed by atoms with Crippen LogP contribution in [0.5, 0.6) is 11.5 Å². The number of hydrogen-bond donors (Lipinski definition) is 1. The van der Waals surface area contributed by atoms with E-state index in [1.54, 1.807) is 6.33 Å². The lowest BCUT2D eigenvalue weighted by Crippen LogP contribution is -2.41. The van der Waals surface area contributed by atoms with Gasteiger partial charge < -0.3 is 24.3 Å². The maximum absolute atomic E-state index is 12.8. The molecule has 0 aliphatic carbocycles. The lowest BCUT2D eigenvalue weighted by atomic mass is 10.0. The molecule has 132 valence electrons. The van der Waals surface area contributed by atoms with Crippen molar-refractivity contribution < 1.29 is 14.3 Å². The summed E-state index contributed by atoms with van der Waals surface area (Å²) in [5.41, 5.74) is 1.07. The Kier molecular flexibility index (Phi) is 3.95. The van der Waals surface area contributed by atoms with Crippen molar-refractivity contribution in [3.63, 3.8) is 0 Å². The Labute approximate surface area is 145 Å². The van der Waals surface area contributed by atoms with Crippen molar-refractivity contribution in [3.8, 4) is 11.5 Å². The van der Waals surface area contributed by atoms with Crippen LogP contribution < -0.4 is 14.8 Å². The number of amides is 2. The average molecular weight is 343 g/mol. The molecule has 1 N–H and O–H groups in total. The molecule has 8 nitrogen and oxygen atoms in total. The molecule has 2 aliphatic rings. The van der Waals surface area contributed by atoms with Gasteiger partial charge in [0.15, 0.2) is 17.3 Å². The number of carbonyl (C=O) groups excluding carboxylic acids is 1. The van der Waals surface area contributed by atoms with Crippen LogP contribution in [0.15, 0.2) is 24.5 Å². The van der Waals surface area contributed by atoms with Gasteiger partial charge in [0.2, 0.25) is 6.79 Å². The van der Waals surface area contributed by atoms with Gasteiger partial charge in [-0.15, -0.1) is 10.2 Å². The van der Waals surface area contributed by atoms with Crippen molar-refractivity contribution in [2.45, 2.75) is 31.8 Å². The summed E-state index contributed by atoms with van der Waals surface area (Å²) in [4.78, 5) is 14.7. The van der Waals surface area contributed by atoms with E-state index in [9.17, 15) is 4.79 Å². The van der Waals surface area contributed by atoms with Crippen LogP contribution in [0.2, 0.25) is 0 Å². The van der Waals surface area contributed by atoms with Gasteiger partial charge in [0, 0.05) is 13.6 Å². The number of nitrogens with one attached hydrogen (secondary N) is 1. The van der Waals surface area contributed by atoms with Crippen LogP contribution in [-0.2, 0) is 7.05 Å². The molecular formula is C17H21N5O3. The first-order valence-corrected chi connectivity index (χ1v) is 8.44. The topological polar surface area (TPSA) is 81.5 Å². The first-order chi connectivity index (χ1) is 12.1. The van der Waals surface area contributed by atoms with Crippen molar-refractivity contribution in [1.82, 2.24) is 25.0 Å². The predicted octanol–water partition coefficient (Wildman–Crippen LogP) is 2.15. The molecule has 1 fully saturated rings.